The molecule has 2 rings (SSSR count). The van der Waals surface area contributed by atoms with E-state index < -0.39 is 0 Å². The number of H-pyrrole nitrogens is 1. The van der Waals surface area contributed by atoms with E-state index in [9.17, 15) is 9.18 Å². The second-order valence-corrected chi connectivity index (χ2v) is 4.12. The summed E-state index contributed by atoms with van der Waals surface area (Å²) in [6.07, 6.45) is 0. The van der Waals surface area contributed by atoms with Gasteiger partial charge in [0.1, 0.15) is 5.82 Å². The van der Waals surface area contributed by atoms with Gasteiger partial charge in [0.2, 0.25) is 0 Å². The van der Waals surface area contributed by atoms with Gasteiger partial charge >= 0.3 is 0 Å². The Hall–Kier alpha value is -2.17. The van der Waals surface area contributed by atoms with Crippen LogP contribution in [-0.4, -0.2) is 16.1 Å². The molecule has 0 saturated carbocycles. The zero-order chi connectivity index (χ0) is 13.1. The fourth-order valence-corrected chi connectivity index (χ4v) is 1.80. The molecule has 4 nitrogen and oxygen atoms in total. The molecule has 1 heterocycles. The predicted molar refractivity (Wildman–Crippen MR) is 65.6 cm³/mol. The van der Waals surface area contributed by atoms with Crippen LogP contribution in [-0.2, 0) is 6.54 Å². The molecule has 1 aromatic carbocycles. The molecular formula is C13H14FN3O. The van der Waals surface area contributed by atoms with Crippen LogP contribution in [0.5, 0.6) is 0 Å². The summed E-state index contributed by atoms with van der Waals surface area (Å²) in [6.45, 7) is 3.85. The Labute approximate surface area is 104 Å². The van der Waals surface area contributed by atoms with Gasteiger partial charge in [-0.25, -0.2) is 4.39 Å². The second-order valence-electron chi connectivity index (χ2n) is 4.12. The summed E-state index contributed by atoms with van der Waals surface area (Å²) in [5, 5.41) is 9.46. The standard InChI is InChI=1S/C13H14FN3O/c1-8-12(9(2)17-16-8)13(18)15-7-10-4-3-5-11(14)6-10/h3-6H,7H2,1-2H3,(H,15,18)(H,16,17). The molecule has 2 N–H and O–H groups in total. The van der Waals surface area contributed by atoms with Crippen molar-refractivity contribution in [1.82, 2.24) is 15.5 Å². The van der Waals surface area contributed by atoms with Gasteiger partial charge < -0.3 is 5.32 Å². The normalized spacial score (nSPS) is 10.4. The zero-order valence-electron chi connectivity index (χ0n) is 10.2. The lowest BCUT2D eigenvalue weighted by molar-refractivity contribution is 0.0949. The first-order chi connectivity index (χ1) is 8.58. The zero-order valence-corrected chi connectivity index (χ0v) is 10.2. The van der Waals surface area contributed by atoms with Crippen molar-refractivity contribution < 1.29 is 9.18 Å². The molecule has 0 unspecified atom stereocenters. The average molecular weight is 247 g/mol. The highest BCUT2D eigenvalue weighted by molar-refractivity contribution is 5.96. The van der Waals surface area contributed by atoms with E-state index in [1.165, 1.54) is 12.1 Å². The smallest absolute Gasteiger partial charge is 0.255 e. The van der Waals surface area contributed by atoms with Gasteiger partial charge in [-0.05, 0) is 31.5 Å². The van der Waals surface area contributed by atoms with Gasteiger partial charge in [-0.15, -0.1) is 0 Å². The summed E-state index contributed by atoms with van der Waals surface area (Å²) in [6, 6.07) is 6.15. The van der Waals surface area contributed by atoms with Crippen molar-refractivity contribution in [1.29, 1.82) is 0 Å². The van der Waals surface area contributed by atoms with Gasteiger partial charge in [-0.1, -0.05) is 12.1 Å². The number of hydrogen-bond donors (Lipinski definition) is 2. The molecule has 0 fully saturated rings. The van der Waals surface area contributed by atoms with E-state index in [-0.39, 0.29) is 11.7 Å². The third-order valence-electron chi connectivity index (χ3n) is 2.70. The Morgan fingerprint density at radius 2 is 2.22 bits per heavy atom. The predicted octanol–water partition coefficient (Wildman–Crippen LogP) is 2.10. The fourth-order valence-electron chi connectivity index (χ4n) is 1.80. The molecule has 0 radical (unpaired) electrons. The lowest BCUT2D eigenvalue weighted by atomic mass is 10.1. The monoisotopic (exact) mass is 247 g/mol. The minimum atomic E-state index is -0.308. The largest absolute Gasteiger partial charge is 0.348 e. The fraction of sp³-hybridized carbons (Fsp3) is 0.231. The number of nitrogens with zero attached hydrogens (tertiary/aromatic N) is 1. The van der Waals surface area contributed by atoms with Gasteiger partial charge in [0.05, 0.1) is 11.3 Å². The summed E-state index contributed by atoms with van der Waals surface area (Å²) < 4.78 is 13.0. The van der Waals surface area contributed by atoms with E-state index >= 15 is 0 Å². The summed E-state index contributed by atoms with van der Waals surface area (Å²) in [5.41, 5.74) is 2.65. The van der Waals surface area contributed by atoms with Gasteiger partial charge in [-0.3, -0.25) is 9.89 Å². The topological polar surface area (TPSA) is 57.8 Å². The number of aromatic nitrogens is 2. The molecular weight excluding hydrogens is 233 g/mol. The van der Waals surface area contributed by atoms with Crippen molar-refractivity contribution in [2.45, 2.75) is 20.4 Å². The van der Waals surface area contributed by atoms with E-state index in [2.05, 4.69) is 15.5 Å². The van der Waals surface area contributed by atoms with E-state index in [1.807, 2.05) is 0 Å². The van der Waals surface area contributed by atoms with Gasteiger partial charge in [-0.2, -0.15) is 5.10 Å². The van der Waals surface area contributed by atoms with Crippen LogP contribution in [0, 0.1) is 19.7 Å². The molecule has 0 aliphatic heterocycles. The van der Waals surface area contributed by atoms with Crippen molar-refractivity contribution >= 4 is 5.91 Å². The quantitative estimate of drug-likeness (QED) is 0.872. The number of hydrogen-bond acceptors (Lipinski definition) is 2. The van der Waals surface area contributed by atoms with Gasteiger partial charge in [0.15, 0.2) is 0 Å². The Bertz CT molecular complexity index is 558. The summed E-state index contributed by atoms with van der Waals surface area (Å²) in [7, 11) is 0. The molecule has 0 aliphatic carbocycles. The molecule has 5 heteroatoms. The summed E-state index contributed by atoms with van der Waals surface area (Å²) in [5.74, 6) is -0.513. The van der Waals surface area contributed by atoms with Crippen LogP contribution in [0.4, 0.5) is 4.39 Å². The van der Waals surface area contributed by atoms with Gasteiger partial charge in [0, 0.05) is 12.2 Å². The molecule has 0 atom stereocenters. The first-order valence-corrected chi connectivity index (χ1v) is 5.62. The maximum Gasteiger partial charge on any atom is 0.255 e. The third kappa shape index (κ3) is 2.56. The minimum Gasteiger partial charge on any atom is -0.348 e. The summed E-state index contributed by atoms with van der Waals surface area (Å²) in [4.78, 5) is 11.9. The van der Waals surface area contributed by atoms with Crippen molar-refractivity contribution in [2.24, 2.45) is 0 Å². The van der Waals surface area contributed by atoms with E-state index in [4.69, 9.17) is 0 Å². The Balaban J connectivity index is 2.05. The number of aryl methyl sites for hydroxylation is 2. The van der Waals surface area contributed by atoms with Crippen LogP contribution >= 0.6 is 0 Å². The molecule has 0 saturated heterocycles. The van der Waals surface area contributed by atoms with Crippen molar-refractivity contribution in [2.75, 3.05) is 0 Å². The number of nitrogens with one attached hydrogen (secondary N) is 2. The van der Waals surface area contributed by atoms with Gasteiger partial charge in [0.25, 0.3) is 5.91 Å². The lowest BCUT2D eigenvalue weighted by Gasteiger charge is -2.05. The maximum atomic E-state index is 13.0. The number of rotatable bonds is 3. The first-order valence-electron chi connectivity index (χ1n) is 5.62. The molecule has 2 aromatic rings. The molecule has 1 amide bonds. The highest BCUT2D eigenvalue weighted by Gasteiger charge is 2.14. The number of aromatic amines is 1. The van der Waals surface area contributed by atoms with E-state index in [0.717, 1.165) is 11.3 Å². The lowest BCUT2D eigenvalue weighted by Crippen LogP contribution is -2.23. The highest BCUT2D eigenvalue weighted by atomic mass is 19.1. The third-order valence-corrected chi connectivity index (χ3v) is 2.70. The number of benzene rings is 1. The Kier molecular flexibility index (Phi) is 3.41. The molecule has 0 aliphatic rings. The maximum absolute atomic E-state index is 13.0. The molecule has 0 spiro atoms. The highest BCUT2D eigenvalue weighted by Crippen LogP contribution is 2.09. The van der Waals surface area contributed by atoms with Crippen LogP contribution in [0.15, 0.2) is 24.3 Å². The van der Waals surface area contributed by atoms with Crippen LogP contribution in [0.1, 0.15) is 27.3 Å². The summed E-state index contributed by atoms with van der Waals surface area (Å²) >= 11 is 0. The first kappa shape index (κ1) is 12.3. The SMILES string of the molecule is Cc1n[nH]c(C)c1C(=O)NCc1cccc(F)c1. The number of carbonyl (C=O) groups is 1. The van der Waals surface area contributed by atoms with Crippen molar-refractivity contribution in [3.05, 3.63) is 52.6 Å². The van der Waals surface area contributed by atoms with Crippen LogP contribution < -0.4 is 5.32 Å². The second kappa shape index (κ2) is 5.00. The number of amides is 1. The van der Waals surface area contributed by atoms with Crippen molar-refractivity contribution in [3.8, 4) is 0 Å². The van der Waals surface area contributed by atoms with Crippen LogP contribution in [0.2, 0.25) is 0 Å². The number of halogens is 1. The van der Waals surface area contributed by atoms with E-state index in [0.29, 0.717) is 17.8 Å². The van der Waals surface area contributed by atoms with Crippen molar-refractivity contribution in [3.63, 3.8) is 0 Å². The molecule has 94 valence electrons. The van der Waals surface area contributed by atoms with Crippen LogP contribution in [0.3, 0.4) is 0 Å². The molecule has 18 heavy (non-hydrogen) atoms. The number of carbonyl (C=O) groups excluding carboxylic acids is 1. The minimum absolute atomic E-state index is 0.206. The Morgan fingerprint density at radius 3 is 2.83 bits per heavy atom. The molecule has 1 aromatic heterocycles. The molecule has 0 bridgehead atoms. The van der Waals surface area contributed by atoms with E-state index in [1.54, 1.807) is 26.0 Å². The average Bonchev–Trinajstić information content (AvgIpc) is 2.66. The van der Waals surface area contributed by atoms with Crippen LogP contribution in [0.25, 0.3) is 0 Å². The Morgan fingerprint density at radius 1 is 1.44 bits per heavy atom.